The molecule has 0 rings (SSSR count). The maximum Gasteiger partial charge on any atom is 0.141 e. The Labute approximate surface area is 110 Å². The Kier molecular flexibility index (Phi) is 10.0. The zero-order valence-electron chi connectivity index (χ0n) is 12.4. The molecule has 0 spiro atoms. The van der Waals surface area contributed by atoms with Crippen molar-refractivity contribution in [1.82, 2.24) is 0 Å². The summed E-state index contributed by atoms with van der Waals surface area (Å²) in [5, 5.41) is 0. The summed E-state index contributed by atoms with van der Waals surface area (Å²) in [6.07, 6.45) is 14.4. The smallest absolute Gasteiger partial charge is 0.141 e. The second-order valence-corrected chi connectivity index (χ2v) is 9.90. The van der Waals surface area contributed by atoms with Crippen molar-refractivity contribution in [2.45, 2.75) is 65.2 Å². The van der Waals surface area contributed by atoms with Gasteiger partial charge in [0.2, 0.25) is 0 Å². The molecule has 0 aliphatic heterocycles. The van der Waals surface area contributed by atoms with Gasteiger partial charge in [-0.1, -0.05) is 46.0 Å². The van der Waals surface area contributed by atoms with Gasteiger partial charge in [0.15, 0.2) is 0 Å². The van der Waals surface area contributed by atoms with Gasteiger partial charge < -0.3 is 0 Å². The number of rotatable bonds is 11. The van der Waals surface area contributed by atoms with Crippen LogP contribution in [0, 0.1) is 0 Å². The van der Waals surface area contributed by atoms with E-state index in [1.807, 2.05) is 0 Å². The van der Waals surface area contributed by atoms with E-state index >= 15 is 0 Å². The molecule has 0 saturated carbocycles. The van der Waals surface area contributed by atoms with Crippen LogP contribution in [-0.2, 0) is 4.79 Å². The minimum absolute atomic E-state index is 0.500. The van der Waals surface area contributed by atoms with Gasteiger partial charge in [-0.25, -0.2) is 10.0 Å². The Morgan fingerprint density at radius 1 is 0.882 bits per heavy atom. The van der Waals surface area contributed by atoms with Gasteiger partial charge in [0.05, 0.1) is 0 Å². The largest absolute Gasteiger partial charge is 0.299 e. The van der Waals surface area contributed by atoms with Crippen molar-refractivity contribution >= 4 is 15.8 Å². The summed E-state index contributed by atoms with van der Waals surface area (Å²) in [6, 6.07) is 0. The number of hydrogen-bond acceptors (Lipinski definition) is 1. The first kappa shape index (κ1) is 17.0. The second kappa shape index (κ2) is 9.99. The molecule has 0 N–H and O–H groups in total. The molecule has 0 aromatic heterocycles. The van der Waals surface area contributed by atoms with Crippen molar-refractivity contribution in [3.05, 3.63) is 0 Å². The molecular formula is C15H32OS. The first-order chi connectivity index (χ1) is 8.02. The molecule has 0 aliphatic rings. The van der Waals surface area contributed by atoms with Gasteiger partial charge in [-0.05, 0) is 31.1 Å². The van der Waals surface area contributed by atoms with Crippen molar-refractivity contribution in [3.63, 3.8) is 0 Å². The van der Waals surface area contributed by atoms with E-state index in [0.29, 0.717) is 5.78 Å². The highest BCUT2D eigenvalue weighted by Crippen LogP contribution is 2.40. The van der Waals surface area contributed by atoms with E-state index in [1.165, 1.54) is 37.9 Å². The summed E-state index contributed by atoms with van der Waals surface area (Å²) >= 11 is 0. The van der Waals surface area contributed by atoms with E-state index in [9.17, 15) is 4.79 Å². The zero-order valence-corrected chi connectivity index (χ0v) is 13.2. The molecule has 0 aliphatic carbocycles. The maximum atomic E-state index is 11.8. The van der Waals surface area contributed by atoms with Crippen molar-refractivity contribution in [2.24, 2.45) is 0 Å². The van der Waals surface area contributed by atoms with Gasteiger partial charge in [-0.2, -0.15) is 0 Å². The lowest BCUT2D eigenvalue weighted by Gasteiger charge is -2.30. The number of Topliss-reactive ketones (excluding diaryl/α,β-unsaturated/α-hetero) is 1. The summed E-state index contributed by atoms with van der Waals surface area (Å²) in [4.78, 5) is 11.8. The SMILES string of the molecule is CCCCCCCS(C)(C)CC(=O)CCCC. The number of unbranched alkanes of at least 4 members (excludes halogenated alkanes) is 5. The van der Waals surface area contributed by atoms with Crippen molar-refractivity contribution in [1.29, 1.82) is 0 Å². The number of ketones is 1. The Balaban J connectivity index is 3.67. The Bertz CT molecular complexity index is 199. The van der Waals surface area contributed by atoms with E-state index in [-0.39, 0.29) is 0 Å². The fourth-order valence-corrected chi connectivity index (χ4v) is 4.20. The first-order valence-electron chi connectivity index (χ1n) is 7.22. The fourth-order valence-electron chi connectivity index (χ4n) is 2.05. The summed E-state index contributed by atoms with van der Waals surface area (Å²) in [5.74, 6) is 2.65. The molecular weight excluding hydrogens is 228 g/mol. The molecule has 0 saturated heterocycles. The van der Waals surface area contributed by atoms with E-state index in [0.717, 1.165) is 25.0 Å². The molecule has 0 bridgehead atoms. The Hall–Kier alpha value is 0.0200. The van der Waals surface area contributed by atoms with Crippen LogP contribution < -0.4 is 0 Å². The van der Waals surface area contributed by atoms with E-state index in [2.05, 4.69) is 26.4 Å². The average Bonchev–Trinajstić information content (AvgIpc) is 2.25. The Morgan fingerprint density at radius 3 is 2.06 bits per heavy atom. The predicted molar refractivity (Wildman–Crippen MR) is 82.5 cm³/mol. The molecule has 0 amide bonds. The molecule has 0 fully saturated rings. The molecule has 0 unspecified atom stereocenters. The highest BCUT2D eigenvalue weighted by Gasteiger charge is 2.15. The zero-order chi connectivity index (χ0) is 13.1. The average molecular weight is 260 g/mol. The predicted octanol–water partition coefficient (Wildman–Crippen LogP) is 4.78. The Morgan fingerprint density at radius 2 is 1.47 bits per heavy atom. The highest BCUT2D eigenvalue weighted by molar-refractivity contribution is 8.33. The van der Waals surface area contributed by atoms with Crippen LogP contribution in [0.4, 0.5) is 0 Å². The quantitative estimate of drug-likeness (QED) is 0.489. The third-order valence-electron chi connectivity index (χ3n) is 3.16. The summed E-state index contributed by atoms with van der Waals surface area (Å²) in [6.45, 7) is 4.40. The second-order valence-electron chi connectivity index (χ2n) is 5.67. The van der Waals surface area contributed by atoms with Crippen LogP contribution in [0.1, 0.15) is 65.2 Å². The van der Waals surface area contributed by atoms with Gasteiger partial charge >= 0.3 is 0 Å². The lowest BCUT2D eigenvalue weighted by Crippen LogP contribution is -2.14. The van der Waals surface area contributed by atoms with Crippen LogP contribution in [0.25, 0.3) is 0 Å². The van der Waals surface area contributed by atoms with Gasteiger partial charge in [-0.3, -0.25) is 4.79 Å². The van der Waals surface area contributed by atoms with Crippen LogP contribution in [0.2, 0.25) is 0 Å². The lowest BCUT2D eigenvalue weighted by atomic mass is 10.2. The van der Waals surface area contributed by atoms with E-state index in [4.69, 9.17) is 0 Å². The van der Waals surface area contributed by atoms with Crippen molar-refractivity contribution in [2.75, 3.05) is 24.0 Å². The standard InChI is InChI=1S/C15H32OS/c1-5-7-9-10-11-13-17(3,4)14-15(16)12-8-6-2/h5-14H2,1-4H3. The number of carbonyl (C=O) groups is 1. The molecule has 1 nitrogen and oxygen atoms in total. The first-order valence-corrected chi connectivity index (χ1v) is 10.0. The van der Waals surface area contributed by atoms with Crippen molar-refractivity contribution < 1.29 is 4.79 Å². The molecule has 0 atom stereocenters. The van der Waals surface area contributed by atoms with Crippen LogP contribution in [0.3, 0.4) is 0 Å². The molecule has 0 aromatic carbocycles. The normalized spacial score (nSPS) is 12.7. The third-order valence-corrected chi connectivity index (χ3v) is 5.66. The van der Waals surface area contributed by atoms with Gasteiger partial charge in [0.25, 0.3) is 0 Å². The highest BCUT2D eigenvalue weighted by atomic mass is 32.3. The van der Waals surface area contributed by atoms with E-state index < -0.39 is 10.0 Å². The van der Waals surface area contributed by atoms with Crippen molar-refractivity contribution in [3.8, 4) is 0 Å². The molecule has 2 heteroatoms. The van der Waals surface area contributed by atoms with E-state index in [1.54, 1.807) is 0 Å². The molecule has 0 heterocycles. The van der Waals surface area contributed by atoms with Gasteiger partial charge in [-0.15, -0.1) is 0 Å². The summed E-state index contributed by atoms with van der Waals surface area (Å²) in [7, 11) is -0.648. The van der Waals surface area contributed by atoms with Crippen LogP contribution in [-0.4, -0.2) is 29.8 Å². The van der Waals surface area contributed by atoms with Crippen LogP contribution in [0.5, 0.6) is 0 Å². The number of hydrogen-bond donors (Lipinski definition) is 0. The lowest BCUT2D eigenvalue weighted by molar-refractivity contribution is -0.116. The fraction of sp³-hybridized carbons (Fsp3) is 0.933. The van der Waals surface area contributed by atoms with Crippen LogP contribution in [0.15, 0.2) is 0 Å². The summed E-state index contributed by atoms with van der Waals surface area (Å²) < 4.78 is 0. The van der Waals surface area contributed by atoms with Crippen LogP contribution >= 0.6 is 10.0 Å². The molecule has 0 aromatic rings. The molecule has 17 heavy (non-hydrogen) atoms. The topological polar surface area (TPSA) is 17.1 Å². The molecule has 0 radical (unpaired) electrons. The molecule has 104 valence electrons. The number of carbonyl (C=O) groups excluding carboxylic acids is 1. The van der Waals surface area contributed by atoms with Gasteiger partial charge in [0, 0.05) is 12.2 Å². The minimum atomic E-state index is -0.648. The summed E-state index contributed by atoms with van der Waals surface area (Å²) in [5.41, 5.74) is 0. The minimum Gasteiger partial charge on any atom is -0.299 e. The third kappa shape index (κ3) is 10.9. The monoisotopic (exact) mass is 260 g/mol. The van der Waals surface area contributed by atoms with Gasteiger partial charge in [0.1, 0.15) is 5.78 Å². The maximum absolute atomic E-state index is 11.8.